The van der Waals surface area contributed by atoms with Crippen LogP contribution in [0.15, 0.2) is 12.1 Å². The summed E-state index contributed by atoms with van der Waals surface area (Å²) in [5.74, 6) is 1.42. The Morgan fingerprint density at radius 3 is 2.39 bits per heavy atom. The van der Waals surface area contributed by atoms with Gasteiger partial charge in [-0.05, 0) is 32.4 Å². The first kappa shape index (κ1) is 17.1. The molecule has 6 heteroatoms. The summed E-state index contributed by atoms with van der Waals surface area (Å²) in [7, 11) is 3.26. The van der Waals surface area contributed by atoms with Gasteiger partial charge in [0.1, 0.15) is 0 Å². The van der Waals surface area contributed by atoms with Crippen molar-refractivity contribution in [2.45, 2.75) is 33.9 Å². The maximum absolute atomic E-state index is 9.09. The van der Waals surface area contributed by atoms with E-state index in [9.17, 15) is 0 Å². The zero-order valence-corrected chi connectivity index (χ0v) is 14.4. The van der Waals surface area contributed by atoms with Crippen LogP contribution < -0.4 is 14.8 Å². The summed E-state index contributed by atoms with van der Waals surface area (Å²) in [6, 6.07) is 3.90. The van der Waals surface area contributed by atoms with Crippen LogP contribution in [0.25, 0.3) is 0 Å². The lowest BCUT2D eigenvalue weighted by molar-refractivity contribution is 0.268. The largest absolute Gasteiger partial charge is 0.493 e. The third kappa shape index (κ3) is 3.59. The van der Waals surface area contributed by atoms with E-state index >= 15 is 0 Å². The topological polar surface area (TPSA) is 68.5 Å². The highest BCUT2D eigenvalue weighted by atomic mass is 16.5. The molecular formula is C17H25N3O3. The van der Waals surface area contributed by atoms with Crippen molar-refractivity contribution in [3.63, 3.8) is 0 Å². The van der Waals surface area contributed by atoms with E-state index in [1.54, 1.807) is 14.2 Å². The SMILES string of the molecule is COc1cc(C)c(NCc2c(C)nn(CCO)c2C)cc1OC. The first-order chi connectivity index (χ1) is 11.0. The van der Waals surface area contributed by atoms with Crippen LogP contribution >= 0.6 is 0 Å². The summed E-state index contributed by atoms with van der Waals surface area (Å²) in [4.78, 5) is 0. The van der Waals surface area contributed by atoms with Gasteiger partial charge in [0.2, 0.25) is 0 Å². The molecule has 6 nitrogen and oxygen atoms in total. The van der Waals surface area contributed by atoms with Crippen LogP contribution in [0.5, 0.6) is 11.5 Å². The van der Waals surface area contributed by atoms with Crippen molar-refractivity contribution in [3.05, 3.63) is 34.6 Å². The van der Waals surface area contributed by atoms with Gasteiger partial charge in [-0.1, -0.05) is 0 Å². The van der Waals surface area contributed by atoms with Crippen LogP contribution in [-0.2, 0) is 13.1 Å². The van der Waals surface area contributed by atoms with Crippen molar-refractivity contribution in [2.75, 3.05) is 26.1 Å². The number of hydrogen-bond donors (Lipinski definition) is 2. The number of benzene rings is 1. The van der Waals surface area contributed by atoms with E-state index in [-0.39, 0.29) is 6.61 Å². The van der Waals surface area contributed by atoms with Gasteiger partial charge in [0.25, 0.3) is 0 Å². The number of nitrogens with one attached hydrogen (secondary N) is 1. The van der Waals surface area contributed by atoms with Gasteiger partial charge < -0.3 is 19.9 Å². The molecule has 126 valence electrons. The fraction of sp³-hybridized carbons (Fsp3) is 0.471. The standard InChI is InChI=1S/C17H25N3O3/c1-11-8-16(22-4)17(23-5)9-15(11)18-10-14-12(2)19-20(6-7-21)13(14)3/h8-9,18,21H,6-7,10H2,1-5H3. The molecule has 0 atom stereocenters. The molecule has 0 aliphatic carbocycles. The molecule has 0 aliphatic rings. The van der Waals surface area contributed by atoms with E-state index in [1.165, 1.54) is 0 Å². The summed E-state index contributed by atoms with van der Waals surface area (Å²) in [5, 5.41) is 17.0. The van der Waals surface area contributed by atoms with Crippen molar-refractivity contribution in [1.82, 2.24) is 9.78 Å². The predicted molar refractivity (Wildman–Crippen MR) is 90.4 cm³/mol. The molecule has 0 saturated heterocycles. The van der Waals surface area contributed by atoms with Gasteiger partial charge in [-0.25, -0.2) is 0 Å². The van der Waals surface area contributed by atoms with Gasteiger partial charge in [0, 0.05) is 29.6 Å². The minimum absolute atomic E-state index is 0.0869. The molecule has 0 spiro atoms. The minimum Gasteiger partial charge on any atom is -0.493 e. The van der Waals surface area contributed by atoms with Gasteiger partial charge in [0.15, 0.2) is 11.5 Å². The molecule has 0 amide bonds. The molecule has 2 aromatic rings. The Morgan fingerprint density at radius 1 is 1.13 bits per heavy atom. The summed E-state index contributed by atoms with van der Waals surface area (Å²) in [6.07, 6.45) is 0. The predicted octanol–water partition coefficient (Wildman–Crippen LogP) is 2.43. The maximum Gasteiger partial charge on any atom is 0.162 e. The van der Waals surface area contributed by atoms with E-state index in [2.05, 4.69) is 10.4 Å². The molecule has 1 heterocycles. The molecule has 0 unspecified atom stereocenters. The number of hydrogen-bond acceptors (Lipinski definition) is 5. The van der Waals surface area contributed by atoms with Crippen molar-refractivity contribution >= 4 is 5.69 Å². The Kier molecular flexibility index (Phi) is 5.50. The molecule has 1 aromatic heterocycles. The van der Waals surface area contributed by atoms with Crippen molar-refractivity contribution in [2.24, 2.45) is 0 Å². The molecule has 0 radical (unpaired) electrons. The van der Waals surface area contributed by atoms with Gasteiger partial charge in [-0.15, -0.1) is 0 Å². The Labute approximate surface area is 137 Å². The Balaban J connectivity index is 2.21. The quantitative estimate of drug-likeness (QED) is 0.820. The average molecular weight is 319 g/mol. The fourth-order valence-corrected chi connectivity index (χ4v) is 2.66. The van der Waals surface area contributed by atoms with Crippen LogP contribution in [0.1, 0.15) is 22.5 Å². The smallest absolute Gasteiger partial charge is 0.162 e. The first-order valence-corrected chi connectivity index (χ1v) is 7.62. The number of anilines is 1. The Bertz CT molecular complexity index is 680. The summed E-state index contributed by atoms with van der Waals surface area (Å²) in [5.41, 5.74) is 5.27. The molecule has 0 aliphatic heterocycles. The van der Waals surface area contributed by atoms with Gasteiger partial charge in [-0.2, -0.15) is 5.10 Å². The van der Waals surface area contributed by atoms with Crippen molar-refractivity contribution in [1.29, 1.82) is 0 Å². The molecule has 2 N–H and O–H groups in total. The summed E-state index contributed by atoms with van der Waals surface area (Å²) >= 11 is 0. The monoisotopic (exact) mass is 319 g/mol. The molecular weight excluding hydrogens is 294 g/mol. The second-order valence-corrected chi connectivity index (χ2v) is 5.47. The number of aromatic nitrogens is 2. The number of methoxy groups -OCH3 is 2. The van der Waals surface area contributed by atoms with Crippen LogP contribution in [0, 0.1) is 20.8 Å². The highest BCUT2D eigenvalue weighted by Gasteiger charge is 2.13. The Morgan fingerprint density at radius 2 is 1.78 bits per heavy atom. The molecule has 2 rings (SSSR count). The number of rotatable bonds is 7. The van der Waals surface area contributed by atoms with E-state index in [4.69, 9.17) is 14.6 Å². The number of nitrogens with zero attached hydrogens (tertiary/aromatic N) is 2. The average Bonchev–Trinajstić information content (AvgIpc) is 2.80. The van der Waals surface area contributed by atoms with Crippen LogP contribution in [0.3, 0.4) is 0 Å². The lowest BCUT2D eigenvalue weighted by Crippen LogP contribution is -2.07. The molecule has 1 aromatic carbocycles. The number of ether oxygens (including phenoxy) is 2. The highest BCUT2D eigenvalue weighted by Crippen LogP contribution is 2.33. The molecule has 0 bridgehead atoms. The summed E-state index contributed by atoms with van der Waals surface area (Å²) in [6.45, 7) is 7.30. The fourth-order valence-electron chi connectivity index (χ4n) is 2.66. The second kappa shape index (κ2) is 7.37. The third-order valence-electron chi connectivity index (χ3n) is 4.03. The summed E-state index contributed by atoms with van der Waals surface area (Å²) < 4.78 is 12.5. The Hall–Kier alpha value is -2.21. The van der Waals surface area contributed by atoms with Crippen LogP contribution in [-0.4, -0.2) is 35.7 Å². The zero-order chi connectivity index (χ0) is 17.0. The van der Waals surface area contributed by atoms with E-state index in [1.807, 2.05) is 37.6 Å². The van der Waals surface area contributed by atoms with Crippen molar-refractivity contribution < 1.29 is 14.6 Å². The minimum atomic E-state index is 0.0869. The first-order valence-electron chi connectivity index (χ1n) is 7.62. The molecule has 0 saturated carbocycles. The van der Waals surface area contributed by atoms with E-state index in [0.29, 0.717) is 18.8 Å². The third-order valence-corrected chi connectivity index (χ3v) is 4.03. The molecule has 0 fully saturated rings. The molecule has 23 heavy (non-hydrogen) atoms. The highest BCUT2D eigenvalue weighted by molar-refractivity contribution is 5.60. The van der Waals surface area contributed by atoms with Crippen LogP contribution in [0.4, 0.5) is 5.69 Å². The lowest BCUT2D eigenvalue weighted by Gasteiger charge is -2.14. The maximum atomic E-state index is 9.09. The second-order valence-electron chi connectivity index (χ2n) is 5.47. The number of aliphatic hydroxyl groups is 1. The number of aryl methyl sites for hydroxylation is 2. The van der Waals surface area contributed by atoms with Gasteiger partial charge in [-0.3, -0.25) is 4.68 Å². The van der Waals surface area contributed by atoms with Crippen LogP contribution in [0.2, 0.25) is 0 Å². The lowest BCUT2D eigenvalue weighted by atomic mass is 10.1. The van der Waals surface area contributed by atoms with E-state index in [0.717, 1.165) is 34.0 Å². The van der Waals surface area contributed by atoms with E-state index < -0.39 is 0 Å². The van der Waals surface area contributed by atoms with Crippen molar-refractivity contribution in [3.8, 4) is 11.5 Å². The number of aliphatic hydroxyl groups excluding tert-OH is 1. The normalized spacial score (nSPS) is 10.7. The van der Waals surface area contributed by atoms with Gasteiger partial charge in [0.05, 0.1) is 33.1 Å². The van der Waals surface area contributed by atoms with Gasteiger partial charge >= 0.3 is 0 Å². The zero-order valence-electron chi connectivity index (χ0n) is 14.4.